The predicted octanol–water partition coefficient (Wildman–Crippen LogP) is 5.10. The highest BCUT2D eigenvalue weighted by Gasteiger charge is 2.33. The van der Waals surface area contributed by atoms with Crippen molar-refractivity contribution < 1.29 is 0 Å². The Labute approximate surface area is 124 Å². The smallest absolute Gasteiger partial charge is 0.0412 e. The minimum absolute atomic E-state index is 0.0437. The summed E-state index contributed by atoms with van der Waals surface area (Å²) < 4.78 is 0. The Morgan fingerprint density at radius 1 is 0.950 bits per heavy atom. The van der Waals surface area contributed by atoms with Gasteiger partial charge in [0, 0.05) is 5.54 Å². The summed E-state index contributed by atoms with van der Waals surface area (Å²) >= 11 is 0. The summed E-state index contributed by atoms with van der Waals surface area (Å²) in [5.41, 5.74) is 9.82. The topological polar surface area (TPSA) is 26.0 Å². The van der Waals surface area contributed by atoms with Gasteiger partial charge in [-0.15, -0.1) is 0 Å². The Morgan fingerprint density at radius 2 is 1.60 bits per heavy atom. The molecule has 0 spiro atoms. The molecule has 20 heavy (non-hydrogen) atoms. The lowest BCUT2D eigenvalue weighted by molar-refractivity contribution is 0.293. The van der Waals surface area contributed by atoms with Crippen molar-refractivity contribution in [3.8, 4) is 0 Å². The lowest BCUT2D eigenvalue weighted by Gasteiger charge is -2.38. The summed E-state index contributed by atoms with van der Waals surface area (Å²) in [5.74, 6) is 1.67. The average Bonchev–Trinajstić information content (AvgIpc) is 2.49. The van der Waals surface area contributed by atoms with Gasteiger partial charge in [-0.2, -0.15) is 0 Å². The van der Waals surface area contributed by atoms with Gasteiger partial charge in [0.1, 0.15) is 0 Å². The molecule has 0 amide bonds. The van der Waals surface area contributed by atoms with Gasteiger partial charge in [-0.3, -0.25) is 0 Å². The molecule has 0 heterocycles. The van der Waals surface area contributed by atoms with E-state index in [9.17, 15) is 0 Å². The van der Waals surface area contributed by atoms with Crippen LogP contribution in [0.3, 0.4) is 0 Å². The summed E-state index contributed by atoms with van der Waals surface area (Å²) in [6.07, 6.45) is 11.8. The van der Waals surface area contributed by atoms with E-state index in [1.807, 2.05) is 0 Å². The molecule has 1 aromatic rings. The number of rotatable bonds is 2. The summed E-state index contributed by atoms with van der Waals surface area (Å²) in [6, 6.07) is 9.08. The molecule has 2 aliphatic carbocycles. The van der Waals surface area contributed by atoms with Gasteiger partial charge in [0.05, 0.1) is 0 Å². The van der Waals surface area contributed by atoms with Crippen molar-refractivity contribution in [1.82, 2.24) is 0 Å². The second-order valence-electron chi connectivity index (χ2n) is 7.26. The fourth-order valence-corrected chi connectivity index (χ4v) is 4.33. The largest absolute Gasteiger partial charge is 0.321 e. The summed E-state index contributed by atoms with van der Waals surface area (Å²) in [4.78, 5) is 0. The highest BCUT2D eigenvalue weighted by atomic mass is 14.7. The third-order valence-electron chi connectivity index (χ3n) is 5.70. The van der Waals surface area contributed by atoms with Crippen molar-refractivity contribution in [3.63, 3.8) is 0 Å². The van der Waals surface area contributed by atoms with Crippen LogP contribution in [-0.2, 0) is 5.54 Å². The Bertz CT molecular complexity index is 437. The molecular weight excluding hydrogens is 242 g/mol. The quantitative estimate of drug-likeness (QED) is 0.795. The first-order valence-corrected chi connectivity index (χ1v) is 8.57. The third-order valence-corrected chi connectivity index (χ3v) is 5.70. The van der Waals surface area contributed by atoms with Crippen LogP contribution in [0.4, 0.5) is 0 Å². The Hall–Kier alpha value is -0.820. The van der Waals surface area contributed by atoms with Crippen molar-refractivity contribution in [1.29, 1.82) is 0 Å². The van der Waals surface area contributed by atoms with Gasteiger partial charge in [-0.1, -0.05) is 63.3 Å². The van der Waals surface area contributed by atoms with Gasteiger partial charge < -0.3 is 5.73 Å². The van der Waals surface area contributed by atoms with E-state index < -0.39 is 0 Å². The van der Waals surface area contributed by atoms with Crippen molar-refractivity contribution in [3.05, 3.63) is 35.4 Å². The van der Waals surface area contributed by atoms with Crippen LogP contribution in [-0.4, -0.2) is 0 Å². The minimum atomic E-state index is -0.0437. The SMILES string of the molecule is CC1CCC(c2ccccc2C2(N)CCCCC2)CC1. The molecule has 110 valence electrons. The molecule has 2 saturated carbocycles. The van der Waals surface area contributed by atoms with E-state index >= 15 is 0 Å². The highest BCUT2D eigenvalue weighted by Crippen LogP contribution is 2.42. The molecule has 2 aliphatic rings. The normalized spacial score (nSPS) is 30.1. The maximum absolute atomic E-state index is 6.82. The van der Waals surface area contributed by atoms with E-state index in [2.05, 4.69) is 31.2 Å². The predicted molar refractivity (Wildman–Crippen MR) is 85.8 cm³/mol. The van der Waals surface area contributed by atoms with Crippen LogP contribution in [0.1, 0.15) is 81.8 Å². The molecule has 1 aromatic carbocycles. The zero-order chi connectivity index (χ0) is 14.0. The fourth-order valence-electron chi connectivity index (χ4n) is 4.33. The van der Waals surface area contributed by atoms with Gasteiger partial charge in [-0.05, 0) is 48.6 Å². The minimum Gasteiger partial charge on any atom is -0.321 e. The number of benzene rings is 1. The molecule has 0 aromatic heterocycles. The Balaban J connectivity index is 1.88. The first kappa shape index (κ1) is 14.1. The molecule has 0 radical (unpaired) electrons. The third kappa shape index (κ3) is 2.79. The van der Waals surface area contributed by atoms with Gasteiger partial charge in [0.15, 0.2) is 0 Å². The standard InChI is InChI=1S/C19H29N/c1-15-9-11-16(12-10-15)17-7-3-4-8-18(17)19(20)13-5-2-6-14-19/h3-4,7-8,15-16H,2,5-6,9-14,20H2,1H3. The number of hydrogen-bond donors (Lipinski definition) is 1. The second kappa shape index (κ2) is 5.89. The zero-order valence-electron chi connectivity index (χ0n) is 12.9. The van der Waals surface area contributed by atoms with E-state index in [4.69, 9.17) is 5.73 Å². The van der Waals surface area contributed by atoms with Crippen LogP contribution in [0.2, 0.25) is 0 Å². The van der Waals surface area contributed by atoms with Crippen molar-refractivity contribution in [2.24, 2.45) is 11.7 Å². The molecule has 3 rings (SSSR count). The molecular formula is C19H29N. The van der Waals surface area contributed by atoms with Gasteiger partial charge in [0.25, 0.3) is 0 Å². The fraction of sp³-hybridized carbons (Fsp3) is 0.684. The molecule has 2 N–H and O–H groups in total. The van der Waals surface area contributed by atoms with Gasteiger partial charge in [-0.25, -0.2) is 0 Å². The molecule has 0 bridgehead atoms. The molecule has 0 atom stereocenters. The van der Waals surface area contributed by atoms with Crippen LogP contribution in [0.25, 0.3) is 0 Å². The lowest BCUT2D eigenvalue weighted by Crippen LogP contribution is -2.39. The van der Waals surface area contributed by atoms with Crippen molar-refractivity contribution in [2.45, 2.75) is 76.2 Å². The summed E-state index contributed by atoms with van der Waals surface area (Å²) in [7, 11) is 0. The first-order chi connectivity index (χ1) is 9.69. The second-order valence-corrected chi connectivity index (χ2v) is 7.26. The number of hydrogen-bond acceptors (Lipinski definition) is 1. The zero-order valence-corrected chi connectivity index (χ0v) is 12.9. The Kier molecular flexibility index (Phi) is 4.16. The maximum Gasteiger partial charge on any atom is 0.0412 e. The van der Waals surface area contributed by atoms with E-state index in [0.29, 0.717) is 0 Å². The van der Waals surface area contributed by atoms with Crippen LogP contribution < -0.4 is 5.73 Å². The van der Waals surface area contributed by atoms with Crippen molar-refractivity contribution in [2.75, 3.05) is 0 Å². The van der Waals surface area contributed by atoms with Gasteiger partial charge >= 0.3 is 0 Å². The summed E-state index contributed by atoms with van der Waals surface area (Å²) in [5, 5.41) is 0. The van der Waals surface area contributed by atoms with E-state index in [1.165, 1.54) is 63.4 Å². The van der Waals surface area contributed by atoms with Crippen LogP contribution in [0.5, 0.6) is 0 Å². The van der Waals surface area contributed by atoms with Crippen molar-refractivity contribution >= 4 is 0 Å². The highest BCUT2D eigenvalue weighted by molar-refractivity contribution is 5.36. The monoisotopic (exact) mass is 271 g/mol. The molecule has 1 heteroatoms. The number of nitrogens with two attached hydrogens (primary N) is 1. The lowest BCUT2D eigenvalue weighted by atomic mass is 9.71. The van der Waals surface area contributed by atoms with E-state index in [-0.39, 0.29) is 5.54 Å². The molecule has 0 saturated heterocycles. The van der Waals surface area contributed by atoms with Crippen LogP contribution in [0, 0.1) is 5.92 Å². The van der Waals surface area contributed by atoms with Crippen LogP contribution >= 0.6 is 0 Å². The summed E-state index contributed by atoms with van der Waals surface area (Å²) in [6.45, 7) is 2.40. The maximum atomic E-state index is 6.82. The molecule has 0 aliphatic heterocycles. The van der Waals surface area contributed by atoms with Gasteiger partial charge in [0.2, 0.25) is 0 Å². The Morgan fingerprint density at radius 3 is 2.30 bits per heavy atom. The first-order valence-electron chi connectivity index (χ1n) is 8.57. The molecule has 1 nitrogen and oxygen atoms in total. The van der Waals surface area contributed by atoms with E-state index in [0.717, 1.165) is 11.8 Å². The molecule has 0 unspecified atom stereocenters. The van der Waals surface area contributed by atoms with E-state index in [1.54, 1.807) is 5.56 Å². The molecule has 2 fully saturated rings. The van der Waals surface area contributed by atoms with Crippen LogP contribution in [0.15, 0.2) is 24.3 Å². The average molecular weight is 271 g/mol.